The molecule has 0 saturated heterocycles. The van der Waals surface area contributed by atoms with E-state index in [1.165, 1.54) is 6.07 Å². The predicted molar refractivity (Wildman–Crippen MR) is 122 cm³/mol. The van der Waals surface area contributed by atoms with E-state index >= 15 is 0 Å². The van der Waals surface area contributed by atoms with Gasteiger partial charge in [0.25, 0.3) is 0 Å². The number of anilines is 2. The van der Waals surface area contributed by atoms with Gasteiger partial charge in [-0.2, -0.15) is 0 Å². The predicted octanol–water partition coefficient (Wildman–Crippen LogP) is 5.07. The summed E-state index contributed by atoms with van der Waals surface area (Å²) in [5, 5.41) is 32.4. The zero-order valence-electron chi connectivity index (χ0n) is 16.3. The summed E-state index contributed by atoms with van der Waals surface area (Å²) in [4.78, 5) is 2.00. The minimum atomic E-state index is 0. The molecule has 3 aromatic rings. The van der Waals surface area contributed by atoms with E-state index < -0.39 is 0 Å². The number of phenols is 3. The lowest BCUT2D eigenvalue weighted by atomic mass is 10.1. The molecule has 0 aliphatic carbocycles. The topological polar surface area (TPSA) is 76.0 Å². The second kappa shape index (κ2) is 9.75. The molecular formula is C23H25ClN2O3. The van der Waals surface area contributed by atoms with Crippen LogP contribution < -0.4 is 10.2 Å². The van der Waals surface area contributed by atoms with Crippen LogP contribution in [-0.4, -0.2) is 29.4 Å². The van der Waals surface area contributed by atoms with E-state index in [4.69, 9.17) is 0 Å². The van der Waals surface area contributed by atoms with Gasteiger partial charge in [0.15, 0.2) is 0 Å². The Bertz CT molecular complexity index is 966. The van der Waals surface area contributed by atoms with Gasteiger partial charge < -0.3 is 25.5 Å². The number of benzene rings is 3. The molecule has 4 N–H and O–H groups in total. The number of nitrogens with zero attached hydrogens (tertiary/aromatic N) is 1. The Kier molecular flexibility index (Phi) is 7.39. The first-order valence-electron chi connectivity index (χ1n) is 8.95. The van der Waals surface area contributed by atoms with Crippen LogP contribution >= 0.6 is 12.4 Å². The minimum Gasteiger partial charge on any atom is -0.508 e. The molecule has 0 radical (unpaired) electrons. The van der Waals surface area contributed by atoms with Gasteiger partial charge in [0, 0.05) is 43.6 Å². The second-order valence-corrected chi connectivity index (χ2v) is 6.80. The minimum absolute atomic E-state index is 0. The van der Waals surface area contributed by atoms with Crippen molar-refractivity contribution in [3.05, 3.63) is 77.4 Å². The van der Waals surface area contributed by atoms with Crippen LogP contribution in [0.2, 0.25) is 0 Å². The summed E-state index contributed by atoms with van der Waals surface area (Å²) < 4.78 is 0. The van der Waals surface area contributed by atoms with Crippen LogP contribution in [0.25, 0.3) is 12.2 Å². The summed E-state index contributed by atoms with van der Waals surface area (Å²) in [5.74, 6) is 0.327. The van der Waals surface area contributed by atoms with E-state index in [1.54, 1.807) is 18.2 Å². The van der Waals surface area contributed by atoms with Crippen LogP contribution in [0.3, 0.4) is 0 Å². The molecular weight excluding hydrogens is 388 g/mol. The van der Waals surface area contributed by atoms with E-state index in [0.29, 0.717) is 6.54 Å². The molecule has 0 aliphatic heterocycles. The van der Waals surface area contributed by atoms with Gasteiger partial charge in [-0.1, -0.05) is 24.3 Å². The lowest BCUT2D eigenvalue weighted by Crippen LogP contribution is -2.09. The maximum absolute atomic E-state index is 10.1. The third-order valence-electron chi connectivity index (χ3n) is 4.37. The van der Waals surface area contributed by atoms with Crippen molar-refractivity contribution in [3.8, 4) is 17.2 Å². The molecule has 0 aliphatic rings. The molecule has 3 rings (SSSR count). The molecule has 0 unspecified atom stereocenters. The Morgan fingerprint density at radius 3 is 2.03 bits per heavy atom. The maximum atomic E-state index is 10.1. The van der Waals surface area contributed by atoms with Gasteiger partial charge in [-0.25, -0.2) is 0 Å². The number of aromatic hydroxyl groups is 3. The summed E-state index contributed by atoms with van der Waals surface area (Å²) in [6.45, 7) is 0.519. The smallest absolute Gasteiger partial charge is 0.120 e. The molecule has 0 bridgehead atoms. The van der Waals surface area contributed by atoms with Gasteiger partial charge in [0.1, 0.15) is 17.2 Å². The number of nitrogens with one attached hydrogen (secondary N) is 1. The fraction of sp³-hybridized carbons (Fsp3) is 0.130. The molecule has 152 valence electrons. The standard InChI is InChI=1S/C23H24N2O3.ClH/c1-25(2)20-9-10-23(28)18(13-20)15-24-19-7-5-16(6-8-19)3-4-17-11-21(26)14-22(27)12-17;/h3-14,24,26-28H,15H2,1-2H3;1H/b4-3+;. The average Bonchev–Trinajstić information content (AvgIpc) is 2.65. The summed E-state index contributed by atoms with van der Waals surface area (Å²) in [6.07, 6.45) is 3.73. The Hall–Kier alpha value is -3.31. The van der Waals surface area contributed by atoms with Crippen molar-refractivity contribution in [2.75, 3.05) is 24.3 Å². The van der Waals surface area contributed by atoms with Gasteiger partial charge in [0.05, 0.1) is 0 Å². The summed E-state index contributed by atoms with van der Waals surface area (Å²) in [6, 6.07) is 17.9. The van der Waals surface area contributed by atoms with Gasteiger partial charge in [0.2, 0.25) is 0 Å². The summed E-state index contributed by atoms with van der Waals surface area (Å²) >= 11 is 0. The van der Waals surface area contributed by atoms with E-state index in [-0.39, 0.29) is 29.7 Å². The van der Waals surface area contributed by atoms with Crippen LogP contribution in [0.5, 0.6) is 17.2 Å². The van der Waals surface area contributed by atoms with Crippen molar-refractivity contribution in [1.29, 1.82) is 0 Å². The Labute approximate surface area is 177 Å². The Morgan fingerprint density at radius 1 is 0.793 bits per heavy atom. The van der Waals surface area contributed by atoms with Crippen LogP contribution in [-0.2, 0) is 6.54 Å². The molecule has 0 saturated carbocycles. The van der Waals surface area contributed by atoms with Gasteiger partial charge in [-0.15, -0.1) is 12.4 Å². The highest BCUT2D eigenvalue weighted by Gasteiger charge is 2.04. The molecule has 0 spiro atoms. The zero-order valence-corrected chi connectivity index (χ0v) is 17.1. The number of rotatable bonds is 6. The van der Waals surface area contributed by atoms with Gasteiger partial charge in [-0.3, -0.25) is 0 Å². The number of hydrogen-bond donors (Lipinski definition) is 4. The molecule has 6 heteroatoms. The van der Waals surface area contributed by atoms with E-state index in [2.05, 4.69) is 5.32 Å². The van der Waals surface area contributed by atoms with E-state index in [0.717, 1.165) is 28.1 Å². The van der Waals surface area contributed by atoms with Crippen molar-refractivity contribution >= 4 is 35.9 Å². The molecule has 0 amide bonds. The Balaban J connectivity index is 0.00000300. The van der Waals surface area contributed by atoms with Crippen LogP contribution in [0.4, 0.5) is 11.4 Å². The molecule has 0 fully saturated rings. The second-order valence-electron chi connectivity index (χ2n) is 6.80. The fourth-order valence-electron chi connectivity index (χ4n) is 2.81. The number of halogens is 1. The van der Waals surface area contributed by atoms with Crippen molar-refractivity contribution < 1.29 is 15.3 Å². The first kappa shape index (κ1) is 22.0. The quantitative estimate of drug-likeness (QED) is 0.425. The summed E-state index contributed by atoms with van der Waals surface area (Å²) in [5.41, 5.74) is 4.52. The van der Waals surface area contributed by atoms with Gasteiger partial charge in [-0.05, 0) is 53.6 Å². The molecule has 0 aromatic heterocycles. The van der Waals surface area contributed by atoms with Crippen LogP contribution in [0.15, 0.2) is 60.7 Å². The van der Waals surface area contributed by atoms with Crippen molar-refractivity contribution in [2.24, 2.45) is 0 Å². The largest absolute Gasteiger partial charge is 0.508 e. The number of hydrogen-bond acceptors (Lipinski definition) is 5. The Morgan fingerprint density at radius 2 is 1.41 bits per heavy atom. The molecule has 29 heavy (non-hydrogen) atoms. The van der Waals surface area contributed by atoms with Crippen molar-refractivity contribution in [1.82, 2.24) is 0 Å². The molecule has 5 nitrogen and oxygen atoms in total. The van der Waals surface area contributed by atoms with Crippen molar-refractivity contribution in [2.45, 2.75) is 6.54 Å². The molecule has 0 heterocycles. The highest BCUT2D eigenvalue weighted by molar-refractivity contribution is 5.85. The maximum Gasteiger partial charge on any atom is 0.120 e. The van der Waals surface area contributed by atoms with Crippen LogP contribution in [0.1, 0.15) is 16.7 Å². The SMILES string of the molecule is CN(C)c1ccc(O)c(CNc2ccc(/C=C/c3cc(O)cc(O)c3)cc2)c1.Cl. The first-order valence-corrected chi connectivity index (χ1v) is 8.95. The lowest BCUT2D eigenvalue weighted by Gasteiger charge is -2.15. The molecule has 3 aromatic carbocycles. The third-order valence-corrected chi connectivity index (χ3v) is 4.37. The zero-order chi connectivity index (χ0) is 20.1. The highest BCUT2D eigenvalue weighted by atomic mass is 35.5. The normalized spacial score (nSPS) is 10.6. The van der Waals surface area contributed by atoms with Crippen molar-refractivity contribution in [3.63, 3.8) is 0 Å². The van der Waals surface area contributed by atoms with Gasteiger partial charge >= 0.3 is 0 Å². The van der Waals surface area contributed by atoms with Crippen LogP contribution in [0, 0.1) is 0 Å². The van der Waals surface area contributed by atoms with E-state index in [1.807, 2.05) is 67.5 Å². The summed E-state index contributed by atoms with van der Waals surface area (Å²) in [7, 11) is 3.93. The highest BCUT2D eigenvalue weighted by Crippen LogP contribution is 2.25. The fourth-order valence-corrected chi connectivity index (χ4v) is 2.81. The van der Waals surface area contributed by atoms with E-state index in [9.17, 15) is 15.3 Å². The third kappa shape index (κ3) is 6.09. The number of phenolic OH excluding ortho intramolecular Hbond substituents is 3. The molecule has 0 atom stereocenters. The first-order chi connectivity index (χ1) is 13.4. The lowest BCUT2D eigenvalue weighted by molar-refractivity contribution is 0.450. The monoisotopic (exact) mass is 412 g/mol. The average molecular weight is 413 g/mol.